The molecule has 0 radical (unpaired) electrons. The van der Waals surface area contributed by atoms with Crippen LogP contribution >= 0.6 is 12.4 Å². The minimum atomic E-state index is -4.51. The maximum absolute atomic E-state index is 13.1. The van der Waals surface area contributed by atoms with Gasteiger partial charge >= 0.3 is 12.2 Å². The molecule has 1 aliphatic heterocycles. The highest BCUT2D eigenvalue weighted by Gasteiger charge is 2.49. The summed E-state index contributed by atoms with van der Waals surface area (Å²) < 4.78 is 50.6. The number of methoxy groups -OCH3 is 1. The Morgan fingerprint density at radius 2 is 1.94 bits per heavy atom. The zero-order valence-corrected chi connectivity index (χ0v) is 19.0. The van der Waals surface area contributed by atoms with E-state index in [0.29, 0.717) is 40.3 Å². The molecule has 2 aromatic rings. The molecule has 0 unspecified atom stereocenters. The maximum Gasteiger partial charge on any atom is 0.410 e. The topological polar surface area (TPSA) is 93.6 Å². The van der Waals surface area contributed by atoms with E-state index in [1.165, 1.54) is 32.8 Å². The van der Waals surface area contributed by atoms with Crippen molar-refractivity contribution in [1.29, 1.82) is 0 Å². The normalized spacial score (nSPS) is 23.0. The zero-order valence-electron chi connectivity index (χ0n) is 18.2. The Morgan fingerprint density at radius 1 is 1.27 bits per heavy atom. The van der Waals surface area contributed by atoms with Crippen LogP contribution in [0.25, 0.3) is 11.1 Å². The van der Waals surface area contributed by atoms with Crippen LogP contribution in [-0.2, 0) is 4.74 Å². The standard InChI is InChI=1S/C22H27F3N4O3.ClH/c1-31-10-15(29-9-17(22(23,24)25)28-21(29)30)13-6-7-16-14(8-13)27-20(32-16)19(26)18(11-2-3-11)12-4-5-12;/h6-8,11-12,15,17-19H,2-5,9-10,26H2,1H3,(H,28,30);1H/t15-,17-,19-;/m0./s1. The van der Waals surface area contributed by atoms with Gasteiger partial charge in [0.2, 0.25) is 5.89 Å². The van der Waals surface area contributed by atoms with Gasteiger partial charge in [0.15, 0.2) is 5.58 Å². The highest BCUT2D eigenvalue weighted by Crippen LogP contribution is 2.53. The number of amides is 2. The number of ether oxygens (including phenoxy) is 1. The number of nitrogens with one attached hydrogen (secondary N) is 1. The van der Waals surface area contributed by atoms with Gasteiger partial charge in [-0.05, 0) is 61.1 Å². The van der Waals surface area contributed by atoms with Crippen molar-refractivity contribution >= 4 is 29.5 Å². The third kappa shape index (κ3) is 4.79. The Bertz CT molecular complexity index is 996. The molecule has 2 amide bonds. The Balaban J connectivity index is 0.00000259. The Hall–Kier alpha value is -2.04. The summed E-state index contributed by atoms with van der Waals surface area (Å²) in [4.78, 5) is 18.1. The van der Waals surface area contributed by atoms with Gasteiger partial charge in [-0.1, -0.05) is 6.07 Å². The highest BCUT2D eigenvalue weighted by molar-refractivity contribution is 5.85. The number of nitrogens with two attached hydrogens (primary N) is 1. The second kappa shape index (κ2) is 8.96. The van der Waals surface area contributed by atoms with Crippen LogP contribution in [0.15, 0.2) is 22.6 Å². The number of nitrogens with zero attached hydrogens (tertiary/aromatic N) is 2. The van der Waals surface area contributed by atoms with Gasteiger partial charge in [0.25, 0.3) is 0 Å². The lowest BCUT2D eigenvalue weighted by Crippen LogP contribution is -2.40. The van der Waals surface area contributed by atoms with Crippen molar-refractivity contribution in [3.8, 4) is 0 Å². The Morgan fingerprint density at radius 3 is 2.48 bits per heavy atom. The number of benzene rings is 1. The first-order chi connectivity index (χ1) is 15.3. The molecular formula is C22H28ClF3N4O3. The van der Waals surface area contributed by atoms with Crippen molar-refractivity contribution in [2.45, 2.75) is 50.0 Å². The quantitative estimate of drug-likeness (QED) is 0.577. The van der Waals surface area contributed by atoms with Crippen LogP contribution in [0.2, 0.25) is 0 Å². The molecule has 11 heteroatoms. The summed E-state index contributed by atoms with van der Waals surface area (Å²) in [5, 5.41) is 2.01. The van der Waals surface area contributed by atoms with E-state index < -0.39 is 30.8 Å². The fourth-order valence-electron chi connectivity index (χ4n) is 4.95. The predicted octanol–water partition coefficient (Wildman–Crippen LogP) is 4.33. The third-order valence-electron chi connectivity index (χ3n) is 6.88. The lowest BCUT2D eigenvalue weighted by Gasteiger charge is -2.27. The first-order valence-corrected chi connectivity index (χ1v) is 11.0. The van der Waals surface area contributed by atoms with Crippen LogP contribution in [-0.4, -0.2) is 48.4 Å². The molecule has 0 spiro atoms. The summed E-state index contributed by atoms with van der Waals surface area (Å²) in [7, 11) is 1.45. The molecule has 3 N–H and O–H groups in total. The van der Waals surface area contributed by atoms with E-state index in [2.05, 4.69) is 4.98 Å². The van der Waals surface area contributed by atoms with Crippen LogP contribution in [0.1, 0.15) is 49.2 Å². The average molecular weight is 489 g/mol. The van der Waals surface area contributed by atoms with E-state index in [4.69, 9.17) is 14.9 Å². The van der Waals surface area contributed by atoms with Gasteiger partial charge in [-0.15, -0.1) is 12.4 Å². The van der Waals surface area contributed by atoms with Gasteiger partial charge in [0.1, 0.15) is 11.6 Å². The van der Waals surface area contributed by atoms with E-state index in [1.807, 2.05) is 5.32 Å². The van der Waals surface area contributed by atoms with Gasteiger partial charge in [-0.3, -0.25) is 0 Å². The van der Waals surface area contributed by atoms with Crippen molar-refractivity contribution in [1.82, 2.24) is 15.2 Å². The van der Waals surface area contributed by atoms with Crippen molar-refractivity contribution in [3.63, 3.8) is 0 Å². The molecule has 3 fully saturated rings. The molecule has 0 bridgehead atoms. The average Bonchev–Trinajstić information content (AvgIpc) is 3.67. The number of oxazole rings is 1. The fourth-order valence-corrected chi connectivity index (χ4v) is 4.95. The Kier molecular flexibility index (Phi) is 6.54. The van der Waals surface area contributed by atoms with Crippen LogP contribution in [0.3, 0.4) is 0 Å². The van der Waals surface area contributed by atoms with Gasteiger partial charge in [-0.25, -0.2) is 9.78 Å². The first-order valence-electron chi connectivity index (χ1n) is 11.0. The van der Waals surface area contributed by atoms with Gasteiger partial charge in [0, 0.05) is 7.11 Å². The van der Waals surface area contributed by atoms with E-state index in [0.717, 1.165) is 4.90 Å². The number of hydrogen-bond acceptors (Lipinski definition) is 5. The summed E-state index contributed by atoms with van der Waals surface area (Å²) in [6, 6.07) is 1.59. The molecule has 7 nitrogen and oxygen atoms in total. The third-order valence-corrected chi connectivity index (χ3v) is 6.88. The molecule has 2 aliphatic carbocycles. The number of halogens is 4. The molecule has 182 valence electrons. The van der Waals surface area contributed by atoms with Crippen molar-refractivity contribution in [2.75, 3.05) is 20.3 Å². The van der Waals surface area contributed by atoms with Crippen molar-refractivity contribution in [2.24, 2.45) is 23.5 Å². The van der Waals surface area contributed by atoms with E-state index in [9.17, 15) is 18.0 Å². The number of rotatable bonds is 8. The zero-order chi connectivity index (χ0) is 22.6. The number of carbonyl (C=O) groups is 1. The minimum absolute atomic E-state index is 0. The molecule has 33 heavy (non-hydrogen) atoms. The van der Waals surface area contributed by atoms with E-state index >= 15 is 0 Å². The molecule has 2 saturated carbocycles. The SMILES string of the molecule is COC[C@@H](c1ccc2oc([C@@H](N)C(C3CC3)C3CC3)nc2c1)N1C[C@@H](C(F)(F)F)NC1=O.Cl. The van der Waals surface area contributed by atoms with Gasteiger partial charge in [0.05, 0.1) is 25.2 Å². The van der Waals surface area contributed by atoms with Crippen LogP contribution in [0.5, 0.6) is 0 Å². The van der Waals surface area contributed by atoms with E-state index in [1.54, 1.807) is 18.2 Å². The van der Waals surface area contributed by atoms with Gasteiger partial charge in [-0.2, -0.15) is 13.2 Å². The summed E-state index contributed by atoms with van der Waals surface area (Å²) in [5.41, 5.74) is 8.34. The molecule has 5 rings (SSSR count). The smallest absolute Gasteiger partial charge is 0.410 e. The largest absolute Gasteiger partial charge is 0.439 e. The molecule has 3 atom stereocenters. The first kappa shape index (κ1) is 24.1. The lowest BCUT2D eigenvalue weighted by atomic mass is 9.90. The number of aromatic nitrogens is 1. The number of urea groups is 1. The molecule has 2 heterocycles. The fraction of sp³-hybridized carbons (Fsp3) is 0.636. The number of carbonyl (C=O) groups excluding carboxylic acids is 1. The van der Waals surface area contributed by atoms with Crippen molar-refractivity contribution in [3.05, 3.63) is 29.7 Å². The Labute approximate surface area is 195 Å². The van der Waals surface area contributed by atoms with Crippen LogP contribution < -0.4 is 11.1 Å². The summed E-state index contributed by atoms with van der Waals surface area (Å²) in [6.45, 7) is -0.424. The second-order valence-electron chi connectivity index (χ2n) is 9.22. The lowest BCUT2D eigenvalue weighted by molar-refractivity contribution is -0.150. The molecular weight excluding hydrogens is 461 g/mol. The van der Waals surface area contributed by atoms with Gasteiger partial charge < -0.3 is 25.1 Å². The molecule has 1 aromatic carbocycles. The molecule has 1 aromatic heterocycles. The summed E-state index contributed by atoms with van der Waals surface area (Å²) >= 11 is 0. The number of alkyl halides is 3. The highest BCUT2D eigenvalue weighted by atomic mass is 35.5. The number of fused-ring (bicyclic) bond motifs is 1. The number of hydrogen-bond donors (Lipinski definition) is 2. The monoisotopic (exact) mass is 488 g/mol. The molecule has 3 aliphatic rings. The summed E-state index contributed by atoms with van der Waals surface area (Å²) in [5.74, 6) is 2.17. The maximum atomic E-state index is 13.1. The predicted molar refractivity (Wildman–Crippen MR) is 117 cm³/mol. The van der Waals surface area contributed by atoms with Crippen LogP contribution in [0, 0.1) is 17.8 Å². The minimum Gasteiger partial charge on any atom is -0.439 e. The summed E-state index contributed by atoms with van der Waals surface area (Å²) in [6.07, 6.45) is 0.301. The van der Waals surface area contributed by atoms with Crippen LogP contribution in [0.4, 0.5) is 18.0 Å². The van der Waals surface area contributed by atoms with E-state index in [-0.39, 0.29) is 25.1 Å². The molecule has 1 saturated heterocycles. The second-order valence-corrected chi connectivity index (χ2v) is 9.22. The van der Waals surface area contributed by atoms with Crippen molar-refractivity contribution < 1.29 is 27.1 Å².